The number of ether oxygens (including phenoxy) is 3. The summed E-state index contributed by atoms with van der Waals surface area (Å²) < 4.78 is 25.8. The van der Waals surface area contributed by atoms with Gasteiger partial charge in [-0.3, -0.25) is 14.4 Å². The molecule has 2 aliphatic rings. The number of primary amides is 3. The second kappa shape index (κ2) is 30.6. The zero-order chi connectivity index (χ0) is 67.3. The minimum atomic E-state index is -0.542. The van der Waals surface area contributed by atoms with Gasteiger partial charge in [0.05, 0.1) is 76.2 Å². The Bertz CT molecular complexity index is 4660. The van der Waals surface area contributed by atoms with Crippen molar-refractivity contribution in [2.24, 2.45) is 17.2 Å². The first-order chi connectivity index (χ1) is 45.9. The lowest BCUT2D eigenvalue weighted by Gasteiger charge is -2.23. The number of anilines is 6. The number of fused-ring (bicyclic) bond motifs is 3. The Kier molecular flexibility index (Phi) is 21.5. The van der Waals surface area contributed by atoms with Crippen molar-refractivity contribution in [1.82, 2.24) is 77.8 Å². The fourth-order valence-electron chi connectivity index (χ4n) is 9.97. The van der Waals surface area contributed by atoms with Crippen molar-refractivity contribution in [2.45, 2.75) is 37.8 Å². The van der Waals surface area contributed by atoms with Crippen molar-refractivity contribution < 1.29 is 38.8 Å². The van der Waals surface area contributed by atoms with E-state index in [1.165, 1.54) is 27.8 Å². The van der Waals surface area contributed by atoms with Gasteiger partial charge in [-0.15, -0.1) is 15.3 Å². The van der Waals surface area contributed by atoms with E-state index in [2.05, 4.69) is 56.2 Å². The lowest BCUT2D eigenvalue weighted by Crippen LogP contribution is -2.34. The van der Waals surface area contributed by atoms with Gasteiger partial charge in [-0.1, -0.05) is 11.6 Å². The van der Waals surface area contributed by atoms with Gasteiger partial charge in [0.15, 0.2) is 16.8 Å². The monoisotopic (exact) mass is 1350 g/mol. The normalized spacial score (nSPS) is 14.0. The second-order valence-corrected chi connectivity index (χ2v) is 22.0. The number of rotatable bonds is 16. The molecule has 0 spiro atoms. The Morgan fingerprint density at radius 1 is 0.579 bits per heavy atom. The molecule has 0 aliphatic carbocycles. The number of carbonyl (C=O) groups is 3. The number of nitrogens with zero attached hydrogens (tertiary/aromatic N) is 16. The van der Waals surface area contributed by atoms with Crippen LogP contribution < -0.4 is 58.0 Å². The number of benzene rings is 3. The molecular weight excluding hydrogens is 1290 g/mol. The molecule has 0 unspecified atom stereocenters. The van der Waals surface area contributed by atoms with E-state index in [-0.39, 0.29) is 23.2 Å². The molecule has 3 aromatic carbocycles. The summed E-state index contributed by atoms with van der Waals surface area (Å²) in [5.74, 6) is 3.15. The van der Waals surface area contributed by atoms with Gasteiger partial charge in [0, 0.05) is 66.1 Å². The highest BCUT2D eigenvalue weighted by Gasteiger charge is 2.27. The molecule has 13 N–H and O–H groups in total. The first kappa shape index (κ1) is 66.8. The number of amides is 3. The summed E-state index contributed by atoms with van der Waals surface area (Å²) in [7, 11) is 4.57. The van der Waals surface area contributed by atoms with Crippen LogP contribution >= 0.6 is 34.8 Å². The van der Waals surface area contributed by atoms with E-state index in [4.69, 9.17) is 82.0 Å². The molecule has 14 rings (SSSR count). The van der Waals surface area contributed by atoms with Crippen molar-refractivity contribution >= 4 is 104 Å². The molecular formula is C61H64Cl3N23O8. The van der Waals surface area contributed by atoms with Gasteiger partial charge in [0.2, 0.25) is 34.2 Å². The van der Waals surface area contributed by atoms with E-state index in [0.29, 0.717) is 104 Å². The van der Waals surface area contributed by atoms with Crippen LogP contribution in [0.15, 0.2) is 147 Å². The highest BCUT2D eigenvalue weighted by atomic mass is 35.5. The molecule has 2 fully saturated rings. The van der Waals surface area contributed by atoms with Crippen molar-refractivity contribution in [1.29, 1.82) is 0 Å². The van der Waals surface area contributed by atoms with Crippen molar-refractivity contribution in [3.05, 3.63) is 180 Å². The second-order valence-electron chi connectivity index (χ2n) is 21.0. The van der Waals surface area contributed by atoms with Crippen LogP contribution in [0.5, 0.6) is 17.2 Å². The summed E-state index contributed by atoms with van der Waals surface area (Å²) in [6, 6.07) is 26.6. The van der Waals surface area contributed by atoms with Crippen LogP contribution in [0.25, 0.3) is 33.6 Å². The summed E-state index contributed by atoms with van der Waals surface area (Å²) in [6.07, 6.45) is 19.6. The fraction of sp³-hybridized carbons (Fsp3) is 0.213. The van der Waals surface area contributed by atoms with E-state index in [1.807, 2.05) is 47.5 Å². The standard InChI is InChI=1S/C22H24N8O3.C17H14ClN7O2.C11H12N4O2.C6H3Cl2N3.C5H11NO/c1-33-17-9-14(20(23)32)8-16(10-17)28-11-19(24-13-28)25-21-18-5-3-7-30(18)27-22(26-21)29-6-2-4-15(29)12-31;1-27-12-6-10(15(19)26)5-11(7-12)24-8-14(20-9-24)21-16-13-3-2-4-25(13)23-17(18)22-16;1-17-9-3-7(11(13)16)2-8(4-9)15-5-10(12)14-6-15;7-5-4-2-1-3-11(4)10-6(8)9-5;7-4-5-2-1-3-6-5/h3,5,7-11,13,15,31H,2,4,6,12H2,1H3,(H2,23,32)(H,25,26,27);2-9H,1H3,(H2,19,26)(H,21,22,23);2-6H,12H2,1H3,(H2,13,16);1-3H;5-7H,1-4H2/t15-;;;;5-/m0...0/s1. The third kappa shape index (κ3) is 16.6. The Morgan fingerprint density at radius 2 is 1.04 bits per heavy atom. The first-order valence-electron chi connectivity index (χ1n) is 29.0. The maximum atomic E-state index is 11.7. The molecule has 0 saturated carbocycles. The minimum Gasteiger partial charge on any atom is -0.497 e. The highest BCUT2D eigenvalue weighted by molar-refractivity contribution is 6.34. The topological polar surface area (TPSA) is 407 Å². The predicted molar refractivity (Wildman–Crippen MR) is 356 cm³/mol. The van der Waals surface area contributed by atoms with Crippen molar-refractivity contribution in [2.75, 3.05) is 68.9 Å². The number of aliphatic hydroxyl groups is 2. The summed E-state index contributed by atoms with van der Waals surface area (Å²) >= 11 is 17.3. The molecule has 0 radical (unpaired) electrons. The Hall–Kier alpha value is -11.1. The van der Waals surface area contributed by atoms with Crippen LogP contribution in [0.1, 0.15) is 56.8 Å². The number of halogens is 3. The third-order valence-electron chi connectivity index (χ3n) is 14.7. The molecule has 2 aliphatic heterocycles. The predicted octanol–water partition coefficient (Wildman–Crippen LogP) is 6.48. The van der Waals surface area contributed by atoms with Gasteiger partial charge in [-0.05, 0) is 128 Å². The number of nitrogen functional groups attached to an aromatic ring is 1. The molecule has 3 amide bonds. The van der Waals surface area contributed by atoms with Crippen LogP contribution in [0, 0.1) is 0 Å². The fourth-order valence-corrected chi connectivity index (χ4v) is 10.6. The molecule has 492 valence electrons. The highest BCUT2D eigenvalue weighted by Crippen LogP contribution is 2.29. The zero-order valence-corrected chi connectivity index (χ0v) is 53.4. The van der Waals surface area contributed by atoms with Gasteiger partial charge in [-0.25, -0.2) is 33.5 Å². The number of aliphatic hydroxyl groups excluding tert-OH is 2. The Morgan fingerprint density at radius 3 is 1.48 bits per heavy atom. The van der Waals surface area contributed by atoms with Crippen LogP contribution in [-0.4, -0.2) is 160 Å². The van der Waals surface area contributed by atoms with Crippen LogP contribution in [0.4, 0.5) is 35.0 Å². The quantitative estimate of drug-likeness (QED) is 0.0500. The SMILES string of the molecule is COc1cc(C(N)=O)cc(-n2cnc(N)c2)c1.COc1cc(C(N)=O)cc(-n2cnc(Nc3nc(Cl)nn4cccc34)c2)c1.COc1cc(C(N)=O)cc(-n2cnc(Nc3nc(N4CCC[C@H]4CO)nn4cccc34)c2)c1.Clc1nc(Cl)c2cccn2n1.OC[C@@H]1CCCN1. The van der Waals surface area contributed by atoms with Gasteiger partial charge in [0.25, 0.3) is 0 Å². The molecule has 11 heterocycles. The number of hydrogen-bond acceptors (Lipinski definition) is 22. The van der Waals surface area contributed by atoms with Gasteiger partial charge in [-0.2, -0.15) is 9.97 Å². The average Bonchev–Trinajstić information content (AvgIpc) is 1.71. The van der Waals surface area contributed by atoms with Gasteiger partial charge >= 0.3 is 0 Å². The molecule has 31 nitrogen and oxygen atoms in total. The molecule has 2 atom stereocenters. The third-order valence-corrected chi connectivity index (χ3v) is 15.3. The molecule has 2 saturated heterocycles. The molecule has 34 heteroatoms. The van der Waals surface area contributed by atoms with E-state index in [1.54, 1.807) is 132 Å². The number of imidazole rings is 3. The number of carbonyl (C=O) groups excluding carboxylic acids is 3. The maximum absolute atomic E-state index is 11.7. The lowest BCUT2D eigenvalue weighted by atomic mass is 10.1. The lowest BCUT2D eigenvalue weighted by molar-refractivity contribution is 0.0991. The van der Waals surface area contributed by atoms with E-state index in [0.717, 1.165) is 48.9 Å². The van der Waals surface area contributed by atoms with Crippen LogP contribution in [-0.2, 0) is 0 Å². The maximum Gasteiger partial charge on any atom is 0.248 e. The summed E-state index contributed by atoms with van der Waals surface area (Å²) in [6.45, 7) is 2.25. The first-order valence-corrected chi connectivity index (χ1v) is 30.2. The average molecular weight is 1350 g/mol. The molecule has 9 aromatic heterocycles. The summed E-state index contributed by atoms with van der Waals surface area (Å²) in [5.41, 5.74) is 27.0. The number of nitrogens with two attached hydrogens (primary N) is 4. The van der Waals surface area contributed by atoms with Crippen molar-refractivity contribution in [3.63, 3.8) is 0 Å². The summed E-state index contributed by atoms with van der Waals surface area (Å²) in [4.78, 5) is 61.8. The largest absolute Gasteiger partial charge is 0.497 e. The van der Waals surface area contributed by atoms with Crippen LogP contribution in [0.3, 0.4) is 0 Å². The Balaban J connectivity index is 0.000000141. The molecule has 0 bridgehead atoms. The zero-order valence-electron chi connectivity index (χ0n) is 51.1. The smallest absolute Gasteiger partial charge is 0.248 e. The molecule has 12 aromatic rings. The summed E-state index contributed by atoms with van der Waals surface area (Å²) in [5, 5.41) is 41.0. The van der Waals surface area contributed by atoms with Crippen LogP contribution in [0.2, 0.25) is 15.7 Å². The van der Waals surface area contributed by atoms with E-state index in [9.17, 15) is 19.5 Å². The number of hydrogen-bond donors (Lipinski definition) is 9. The Labute approximate surface area is 555 Å². The van der Waals surface area contributed by atoms with Gasteiger partial charge < -0.3 is 81.9 Å². The molecule has 95 heavy (non-hydrogen) atoms. The van der Waals surface area contributed by atoms with Gasteiger partial charge in [0.1, 0.15) is 70.2 Å². The van der Waals surface area contributed by atoms with Crippen molar-refractivity contribution in [3.8, 4) is 34.3 Å². The van der Waals surface area contributed by atoms with E-state index >= 15 is 0 Å². The number of nitrogens with one attached hydrogen (secondary N) is 3. The van der Waals surface area contributed by atoms with E-state index < -0.39 is 17.7 Å². The number of methoxy groups -OCH3 is 3. The minimum absolute atomic E-state index is 0.0117. The number of aromatic nitrogens is 15.